The van der Waals surface area contributed by atoms with Crippen LogP contribution in [0.25, 0.3) is 0 Å². The molecule has 0 spiro atoms. The van der Waals surface area contributed by atoms with Gasteiger partial charge in [0, 0.05) is 22.9 Å². The van der Waals surface area contributed by atoms with Crippen molar-refractivity contribution in [3.8, 4) is 11.5 Å². The molecule has 0 saturated carbocycles. The number of fused-ring (bicyclic) bond motifs is 1. The van der Waals surface area contributed by atoms with Crippen LogP contribution in [0.5, 0.6) is 11.5 Å². The smallest absolute Gasteiger partial charge is 0.233 e. The molecule has 1 aliphatic heterocycles. The molecule has 4 nitrogen and oxygen atoms in total. The molecule has 5 heteroatoms. The first kappa shape index (κ1) is 19.6. The van der Waals surface area contributed by atoms with Crippen LogP contribution in [-0.2, 0) is 4.79 Å². The number of hydrogen-bond donors (Lipinski definition) is 1. The maximum Gasteiger partial charge on any atom is 0.233 e. The fraction of sp³-hybridized carbons (Fsp3) is 0.409. The fourth-order valence-corrected chi connectivity index (χ4v) is 4.13. The molecule has 2 aromatic carbocycles. The quantitative estimate of drug-likeness (QED) is 0.744. The Morgan fingerprint density at radius 2 is 1.96 bits per heavy atom. The van der Waals surface area contributed by atoms with E-state index in [4.69, 9.17) is 9.47 Å². The Labute approximate surface area is 165 Å². The summed E-state index contributed by atoms with van der Waals surface area (Å²) in [7, 11) is 1.64. The number of benzene rings is 2. The SMILES string of the molecule is COc1ccc2c(c1)OC(C)(C)CC2NC(=O)C(C)Sc1ccc(C)cc1. The van der Waals surface area contributed by atoms with E-state index in [0.717, 1.165) is 28.4 Å². The maximum atomic E-state index is 12.8. The van der Waals surface area contributed by atoms with Crippen LogP contribution < -0.4 is 14.8 Å². The monoisotopic (exact) mass is 385 g/mol. The van der Waals surface area contributed by atoms with Gasteiger partial charge in [0.2, 0.25) is 5.91 Å². The minimum atomic E-state index is -0.356. The van der Waals surface area contributed by atoms with Crippen LogP contribution in [-0.4, -0.2) is 23.9 Å². The third kappa shape index (κ3) is 4.78. The number of nitrogens with one attached hydrogen (secondary N) is 1. The number of hydrogen-bond acceptors (Lipinski definition) is 4. The van der Waals surface area contributed by atoms with Gasteiger partial charge in [-0.3, -0.25) is 4.79 Å². The summed E-state index contributed by atoms with van der Waals surface area (Å²) in [4.78, 5) is 13.9. The van der Waals surface area contributed by atoms with Crippen molar-refractivity contribution in [3.63, 3.8) is 0 Å². The van der Waals surface area contributed by atoms with E-state index in [9.17, 15) is 4.79 Å². The standard InChI is InChI=1S/C22H27NO3S/c1-14-6-9-17(10-7-14)27-15(2)21(24)23-19-13-22(3,4)26-20-12-16(25-5)8-11-18(19)20/h6-12,15,19H,13H2,1-5H3,(H,23,24). The van der Waals surface area contributed by atoms with Gasteiger partial charge in [-0.15, -0.1) is 11.8 Å². The van der Waals surface area contributed by atoms with Gasteiger partial charge in [-0.25, -0.2) is 0 Å². The van der Waals surface area contributed by atoms with E-state index in [2.05, 4.69) is 36.5 Å². The molecule has 3 rings (SSSR count). The molecule has 0 saturated heterocycles. The number of ether oxygens (including phenoxy) is 2. The molecule has 2 unspecified atom stereocenters. The molecule has 27 heavy (non-hydrogen) atoms. The van der Waals surface area contributed by atoms with Crippen LogP contribution in [0.3, 0.4) is 0 Å². The van der Waals surface area contributed by atoms with E-state index < -0.39 is 0 Å². The molecule has 0 fully saturated rings. The summed E-state index contributed by atoms with van der Waals surface area (Å²) in [5.41, 5.74) is 1.86. The van der Waals surface area contributed by atoms with E-state index in [-0.39, 0.29) is 22.8 Å². The van der Waals surface area contributed by atoms with Crippen molar-refractivity contribution in [2.45, 2.75) is 55.9 Å². The van der Waals surface area contributed by atoms with Gasteiger partial charge < -0.3 is 14.8 Å². The molecular formula is C22H27NO3S. The second-order valence-corrected chi connectivity index (χ2v) is 9.02. The molecule has 2 atom stereocenters. The molecule has 2 aromatic rings. The zero-order valence-electron chi connectivity index (χ0n) is 16.5. The second kappa shape index (κ2) is 7.85. The third-order valence-electron chi connectivity index (χ3n) is 4.70. The number of carbonyl (C=O) groups is 1. The topological polar surface area (TPSA) is 47.6 Å². The number of rotatable bonds is 5. The molecule has 1 amide bonds. The first-order valence-corrected chi connectivity index (χ1v) is 10.1. The molecule has 144 valence electrons. The average molecular weight is 386 g/mol. The highest BCUT2D eigenvalue weighted by atomic mass is 32.2. The van der Waals surface area contributed by atoms with Gasteiger partial charge in [0.15, 0.2) is 0 Å². The van der Waals surface area contributed by atoms with Crippen molar-refractivity contribution < 1.29 is 14.3 Å². The first-order valence-electron chi connectivity index (χ1n) is 9.18. The normalized spacial score (nSPS) is 18.8. The van der Waals surface area contributed by atoms with E-state index in [1.54, 1.807) is 18.9 Å². The summed E-state index contributed by atoms with van der Waals surface area (Å²) >= 11 is 1.57. The Kier molecular flexibility index (Phi) is 5.70. The minimum Gasteiger partial charge on any atom is -0.497 e. The Balaban J connectivity index is 1.74. The van der Waals surface area contributed by atoms with Gasteiger partial charge in [-0.2, -0.15) is 0 Å². The number of methoxy groups -OCH3 is 1. The Bertz CT molecular complexity index is 817. The van der Waals surface area contributed by atoms with Crippen molar-refractivity contribution in [3.05, 3.63) is 53.6 Å². The Hall–Kier alpha value is -2.14. The molecular weight excluding hydrogens is 358 g/mol. The first-order chi connectivity index (χ1) is 12.8. The average Bonchev–Trinajstić information content (AvgIpc) is 2.62. The van der Waals surface area contributed by atoms with Crippen LogP contribution in [0.1, 0.15) is 44.4 Å². The largest absolute Gasteiger partial charge is 0.497 e. The summed E-state index contributed by atoms with van der Waals surface area (Å²) < 4.78 is 11.4. The number of amides is 1. The lowest BCUT2D eigenvalue weighted by Crippen LogP contribution is -2.43. The van der Waals surface area contributed by atoms with E-state index in [1.165, 1.54) is 5.56 Å². The van der Waals surface area contributed by atoms with Crippen molar-refractivity contribution >= 4 is 17.7 Å². The minimum absolute atomic E-state index is 0.0324. The highest BCUT2D eigenvalue weighted by Crippen LogP contribution is 2.41. The Morgan fingerprint density at radius 1 is 1.26 bits per heavy atom. The molecule has 1 N–H and O–H groups in total. The van der Waals surface area contributed by atoms with Gasteiger partial charge in [0.05, 0.1) is 18.4 Å². The number of thioether (sulfide) groups is 1. The second-order valence-electron chi connectivity index (χ2n) is 7.60. The van der Waals surface area contributed by atoms with Crippen LogP contribution in [0.15, 0.2) is 47.4 Å². The summed E-state index contributed by atoms with van der Waals surface area (Å²) in [5.74, 6) is 1.56. The lowest BCUT2D eigenvalue weighted by atomic mass is 9.89. The molecule has 0 aromatic heterocycles. The molecule has 1 heterocycles. The van der Waals surface area contributed by atoms with Crippen LogP contribution in [0.4, 0.5) is 0 Å². The van der Waals surface area contributed by atoms with Gasteiger partial charge in [0.25, 0.3) is 0 Å². The summed E-state index contributed by atoms with van der Waals surface area (Å²) in [6, 6.07) is 13.9. The summed E-state index contributed by atoms with van der Waals surface area (Å²) in [6.45, 7) is 8.08. The summed E-state index contributed by atoms with van der Waals surface area (Å²) in [6.07, 6.45) is 0.722. The van der Waals surface area contributed by atoms with Crippen molar-refractivity contribution in [2.75, 3.05) is 7.11 Å². The van der Waals surface area contributed by atoms with Crippen LogP contribution in [0.2, 0.25) is 0 Å². The highest BCUT2D eigenvalue weighted by molar-refractivity contribution is 8.00. The predicted octanol–water partition coefficient (Wildman–Crippen LogP) is 4.90. The lowest BCUT2D eigenvalue weighted by Gasteiger charge is -2.38. The van der Waals surface area contributed by atoms with Crippen LogP contribution >= 0.6 is 11.8 Å². The zero-order chi connectivity index (χ0) is 19.6. The highest BCUT2D eigenvalue weighted by Gasteiger charge is 2.35. The van der Waals surface area contributed by atoms with E-state index >= 15 is 0 Å². The van der Waals surface area contributed by atoms with Crippen molar-refractivity contribution in [1.82, 2.24) is 5.32 Å². The summed E-state index contributed by atoms with van der Waals surface area (Å²) in [5, 5.41) is 3.04. The van der Waals surface area contributed by atoms with Crippen molar-refractivity contribution in [2.24, 2.45) is 0 Å². The molecule has 0 aliphatic carbocycles. The predicted molar refractivity (Wildman–Crippen MR) is 110 cm³/mol. The maximum absolute atomic E-state index is 12.8. The number of aryl methyl sites for hydroxylation is 1. The van der Waals surface area contributed by atoms with Gasteiger partial charge in [0.1, 0.15) is 17.1 Å². The molecule has 0 bridgehead atoms. The third-order valence-corrected chi connectivity index (χ3v) is 5.81. The fourth-order valence-electron chi connectivity index (χ4n) is 3.25. The zero-order valence-corrected chi connectivity index (χ0v) is 17.4. The van der Waals surface area contributed by atoms with E-state index in [1.807, 2.05) is 39.0 Å². The van der Waals surface area contributed by atoms with Gasteiger partial charge in [-0.05, 0) is 52.0 Å². The van der Waals surface area contributed by atoms with Gasteiger partial charge in [-0.1, -0.05) is 17.7 Å². The van der Waals surface area contributed by atoms with Gasteiger partial charge >= 0.3 is 0 Å². The number of carbonyl (C=O) groups excluding carboxylic acids is 1. The Morgan fingerprint density at radius 3 is 2.63 bits per heavy atom. The molecule has 0 radical (unpaired) electrons. The molecule has 1 aliphatic rings. The lowest BCUT2D eigenvalue weighted by molar-refractivity contribution is -0.121. The van der Waals surface area contributed by atoms with Crippen molar-refractivity contribution in [1.29, 1.82) is 0 Å². The van der Waals surface area contributed by atoms with Crippen LogP contribution in [0, 0.1) is 6.92 Å². The van der Waals surface area contributed by atoms with E-state index in [0.29, 0.717) is 0 Å².